The molecule has 0 saturated heterocycles. The molecule has 2 aromatic heterocycles. The number of methoxy groups -OCH3 is 1. The van der Waals surface area contributed by atoms with Gasteiger partial charge in [0.05, 0.1) is 17.9 Å². The molecule has 0 bridgehead atoms. The Morgan fingerprint density at radius 2 is 1.93 bits per heavy atom. The summed E-state index contributed by atoms with van der Waals surface area (Å²) in [6.07, 6.45) is 3.22. The van der Waals surface area contributed by atoms with Crippen molar-refractivity contribution in [3.05, 3.63) is 48.3 Å². The van der Waals surface area contributed by atoms with Gasteiger partial charge in [-0.25, -0.2) is 9.50 Å². The minimum atomic E-state index is -4.39. The van der Waals surface area contributed by atoms with Crippen LogP contribution in [0.5, 0.6) is 0 Å². The number of benzene rings is 1. The molecule has 0 atom stereocenters. The number of nitrogens with zero attached hydrogens (tertiary/aromatic N) is 3. The highest BCUT2D eigenvalue weighted by Crippen LogP contribution is 2.33. The Kier molecular flexibility index (Phi) is 4.97. The Bertz CT molecular complexity index is 961. The summed E-state index contributed by atoms with van der Waals surface area (Å²) in [6.45, 7) is 0. The lowest BCUT2D eigenvalue weighted by Crippen LogP contribution is -2.29. The molecule has 1 N–H and O–H groups in total. The molecular formula is C20H21F3N4O. The summed E-state index contributed by atoms with van der Waals surface area (Å²) in [5.41, 5.74) is 0.844. The molecule has 8 heteroatoms. The van der Waals surface area contributed by atoms with Crippen molar-refractivity contribution >= 4 is 11.5 Å². The average Bonchev–Trinajstić information content (AvgIpc) is 3.11. The number of ether oxygens (including phenoxy) is 1. The minimum absolute atomic E-state index is 0.307. The van der Waals surface area contributed by atoms with E-state index < -0.39 is 11.7 Å². The van der Waals surface area contributed by atoms with Gasteiger partial charge in [0, 0.05) is 24.9 Å². The molecule has 28 heavy (non-hydrogen) atoms. The van der Waals surface area contributed by atoms with E-state index >= 15 is 0 Å². The molecule has 1 saturated carbocycles. The van der Waals surface area contributed by atoms with Crippen LogP contribution in [0.25, 0.3) is 16.8 Å². The lowest BCUT2D eigenvalue weighted by molar-refractivity contribution is -0.137. The Morgan fingerprint density at radius 1 is 1.14 bits per heavy atom. The van der Waals surface area contributed by atoms with Crippen LogP contribution in [0.4, 0.5) is 19.0 Å². The van der Waals surface area contributed by atoms with E-state index in [9.17, 15) is 13.2 Å². The average molecular weight is 390 g/mol. The van der Waals surface area contributed by atoms with Gasteiger partial charge >= 0.3 is 6.18 Å². The smallest absolute Gasteiger partial charge is 0.381 e. The van der Waals surface area contributed by atoms with Crippen LogP contribution < -0.4 is 5.32 Å². The van der Waals surface area contributed by atoms with E-state index in [0.29, 0.717) is 34.7 Å². The highest BCUT2D eigenvalue weighted by atomic mass is 19.4. The molecule has 0 radical (unpaired) electrons. The number of hydrogen-bond donors (Lipinski definition) is 1. The van der Waals surface area contributed by atoms with Crippen LogP contribution in [-0.4, -0.2) is 33.9 Å². The predicted molar refractivity (Wildman–Crippen MR) is 100 cm³/mol. The summed E-state index contributed by atoms with van der Waals surface area (Å²) in [6, 6.07) is 7.37. The van der Waals surface area contributed by atoms with Gasteiger partial charge in [-0.15, -0.1) is 0 Å². The lowest BCUT2D eigenvalue weighted by Gasteiger charge is -2.28. The predicted octanol–water partition coefficient (Wildman–Crippen LogP) is 4.78. The van der Waals surface area contributed by atoms with Gasteiger partial charge in [-0.1, -0.05) is 12.1 Å². The van der Waals surface area contributed by atoms with Gasteiger partial charge in [-0.3, -0.25) is 0 Å². The minimum Gasteiger partial charge on any atom is -0.381 e. The van der Waals surface area contributed by atoms with E-state index in [-0.39, 0.29) is 0 Å². The van der Waals surface area contributed by atoms with E-state index in [1.807, 2.05) is 6.07 Å². The second-order valence-corrected chi connectivity index (χ2v) is 7.07. The number of fused-ring (bicyclic) bond motifs is 1. The molecule has 1 aliphatic carbocycles. The van der Waals surface area contributed by atoms with E-state index in [4.69, 9.17) is 4.74 Å². The van der Waals surface area contributed by atoms with Crippen molar-refractivity contribution in [2.24, 2.45) is 0 Å². The standard InChI is InChI=1S/C20H21F3N4O/c1-28-16-7-5-15(6-8-16)25-18-9-10-27-19(26-18)17(12-24-27)13-3-2-4-14(11-13)20(21,22)23/h2-4,9-12,15-16H,5-8H2,1H3,(H,25,26)/t15-,16-. The highest BCUT2D eigenvalue weighted by Gasteiger charge is 2.30. The number of alkyl halides is 3. The van der Waals surface area contributed by atoms with Gasteiger partial charge in [0.15, 0.2) is 5.65 Å². The molecule has 5 nitrogen and oxygen atoms in total. The number of rotatable bonds is 4. The fraction of sp³-hybridized carbons (Fsp3) is 0.400. The number of hydrogen-bond acceptors (Lipinski definition) is 4. The van der Waals surface area contributed by atoms with Gasteiger partial charge in [-0.2, -0.15) is 18.3 Å². The van der Waals surface area contributed by atoms with Crippen molar-refractivity contribution in [3.8, 4) is 11.1 Å². The molecule has 2 heterocycles. The first kappa shape index (κ1) is 18.7. The van der Waals surface area contributed by atoms with Gasteiger partial charge in [0.2, 0.25) is 0 Å². The Labute approximate surface area is 160 Å². The van der Waals surface area contributed by atoms with Crippen LogP contribution in [0.3, 0.4) is 0 Å². The van der Waals surface area contributed by atoms with Gasteiger partial charge in [0.1, 0.15) is 5.82 Å². The van der Waals surface area contributed by atoms with Crippen molar-refractivity contribution in [2.75, 3.05) is 12.4 Å². The first-order chi connectivity index (χ1) is 13.4. The Hall–Kier alpha value is -2.61. The van der Waals surface area contributed by atoms with Crippen LogP contribution in [0.1, 0.15) is 31.2 Å². The fourth-order valence-electron chi connectivity index (χ4n) is 3.67. The topological polar surface area (TPSA) is 51.5 Å². The second-order valence-electron chi connectivity index (χ2n) is 7.07. The van der Waals surface area contributed by atoms with Crippen molar-refractivity contribution in [3.63, 3.8) is 0 Å². The van der Waals surface area contributed by atoms with Crippen molar-refractivity contribution in [2.45, 2.75) is 44.0 Å². The molecular weight excluding hydrogens is 369 g/mol. The van der Waals surface area contributed by atoms with E-state index in [2.05, 4.69) is 15.4 Å². The zero-order chi connectivity index (χ0) is 19.7. The summed E-state index contributed by atoms with van der Waals surface area (Å²) in [5.74, 6) is 0.696. The van der Waals surface area contributed by atoms with Crippen molar-refractivity contribution in [1.29, 1.82) is 0 Å². The molecule has 3 aromatic rings. The summed E-state index contributed by atoms with van der Waals surface area (Å²) in [4.78, 5) is 4.61. The van der Waals surface area contributed by atoms with Gasteiger partial charge in [0.25, 0.3) is 0 Å². The number of anilines is 1. The van der Waals surface area contributed by atoms with Crippen LogP contribution in [0.15, 0.2) is 42.7 Å². The zero-order valence-corrected chi connectivity index (χ0v) is 15.4. The first-order valence-electron chi connectivity index (χ1n) is 9.25. The second kappa shape index (κ2) is 7.43. The molecule has 4 rings (SSSR count). The van der Waals surface area contributed by atoms with Crippen LogP contribution >= 0.6 is 0 Å². The van der Waals surface area contributed by atoms with Crippen molar-refractivity contribution in [1.82, 2.24) is 14.6 Å². The third-order valence-electron chi connectivity index (χ3n) is 5.23. The molecule has 0 amide bonds. The quantitative estimate of drug-likeness (QED) is 0.696. The molecule has 1 fully saturated rings. The summed E-state index contributed by atoms with van der Waals surface area (Å²) >= 11 is 0. The number of nitrogens with one attached hydrogen (secondary N) is 1. The van der Waals surface area contributed by atoms with E-state index in [1.54, 1.807) is 30.1 Å². The van der Waals surface area contributed by atoms with Gasteiger partial charge < -0.3 is 10.1 Å². The SMILES string of the molecule is CO[C@H]1CC[C@H](Nc2ccn3ncc(-c4cccc(C(F)(F)F)c4)c3n2)CC1. The molecule has 148 valence electrons. The number of aromatic nitrogens is 3. The van der Waals surface area contributed by atoms with E-state index in [1.165, 1.54) is 6.07 Å². The molecule has 0 unspecified atom stereocenters. The lowest BCUT2D eigenvalue weighted by atomic mass is 9.93. The summed E-state index contributed by atoms with van der Waals surface area (Å²) in [7, 11) is 1.74. The third kappa shape index (κ3) is 3.82. The molecule has 0 spiro atoms. The maximum Gasteiger partial charge on any atom is 0.416 e. The Balaban J connectivity index is 1.60. The highest BCUT2D eigenvalue weighted by molar-refractivity contribution is 5.78. The fourth-order valence-corrected chi connectivity index (χ4v) is 3.67. The summed E-state index contributed by atoms with van der Waals surface area (Å²) < 4.78 is 46.1. The van der Waals surface area contributed by atoms with Crippen LogP contribution in [0, 0.1) is 0 Å². The monoisotopic (exact) mass is 390 g/mol. The zero-order valence-electron chi connectivity index (χ0n) is 15.4. The largest absolute Gasteiger partial charge is 0.416 e. The van der Waals surface area contributed by atoms with Gasteiger partial charge in [-0.05, 0) is 49.4 Å². The maximum absolute atomic E-state index is 13.0. The molecule has 0 aliphatic heterocycles. The molecule has 1 aliphatic rings. The van der Waals surface area contributed by atoms with E-state index in [0.717, 1.165) is 37.8 Å². The summed E-state index contributed by atoms with van der Waals surface area (Å²) in [5, 5.41) is 7.66. The van der Waals surface area contributed by atoms with Crippen LogP contribution in [-0.2, 0) is 10.9 Å². The maximum atomic E-state index is 13.0. The normalized spacial score (nSPS) is 20.4. The number of halogens is 3. The first-order valence-corrected chi connectivity index (χ1v) is 9.25. The third-order valence-corrected chi connectivity index (χ3v) is 5.23. The molecule has 1 aromatic carbocycles. The Morgan fingerprint density at radius 3 is 2.64 bits per heavy atom. The van der Waals surface area contributed by atoms with Crippen molar-refractivity contribution < 1.29 is 17.9 Å². The van der Waals surface area contributed by atoms with Crippen LogP contribution in [0.2, 0.25) is 0 Å².